The SMILES string of the molecule is N#Cc1ccccc1-c1nc(N)n2nc(Cn3nnnc3-c3ccncn3)nc2c1-c1ccncn1. The average Bonchev–Trinajstić information content (AvgIpc) is 3.57. The van der Waals surface area contributed by atoms with E-state index >= 15 is 0 Å². The Hall–Kier alpha value is -5.71. The third-order valence-corrected chi connectivity index (χ3v) is 5.33. The fraction of sp³-hybridized carbons (Fsp3) is 0.0455. The quantitative estimate of drug-likeness (QED) is 0.376. The molecule has 14 heteroatoms. The summed E-state index contributed by atoms with van der Waals surface area (Å²) in [6.07, 6.45) is 6.06. The lowest BCUT2D eigenvalue weighted by molar-refractivity contribution is 0.627. The van der Waals surface area contributed by atoms with Crippen molar-refractivity contribution in [1.29, 1.82) is 5.26 Å². The molecule has 0 radical (unpaired) electrons. The molecule has 5 aromatic heterocycles. The van der Waals surface area contributed by atoms with Gasteiger partial charge < -0.3 is 5.73 Å². The summed E-state index contributed by atoms with van der Waals surface area (Å²) in [5.74, 6) is 0.909. The molecule has 0 spiro atoms. The third kappa shape index (κ3) is 3.53. The molecule has 6 rings (SSSR count). The van der Waals surface area contributed by atoms with Crippen molar-refractivity contribution in [2.24, 2.45) is 0 Å². The molecule has 6 aromatic rings. The van der Waals surface area contributed by atoms with Crippen molar-refractivity contribution in [3.05, 3.63) is 72.8 Å². The van der Waals surface area contributed by atoms with E-state index < -0.39 is 0 Å². The van der Waals surface area contributed by atoms with E-state index in [4.69, 9.17) is 10.7 Å². The topological polar surface area (TPSA) is 188 Å². The van der Waals surface area contributed by atoms with Crippen LogP contribution in [-0.2, 0) is 6.54 Å². The molecule has 0 aliphatic carbocycles. The molecule has 0 unspecified atom stereocenters. The van der Waals surface area contributed by atoms with Gasteiger partial charge in [-0.15, -0.1) is 10.2 Å². The van der Waals surface area contributed by atoms with Gasteiger partial charge in [0.1, 0.15) is 24.9 Å². The number of nitriles is 1. The first-order chi connectivity index (χ1) is 17.7. The second-order valence-electron chi connectivity index (χ2n) is 7.46. The second-order valence-corrected chi connectivity index (χ2v) is 7.46. The van der Waals surface area contributed by atoms with Gasteiger partial charge in [0.05, 0.1) is 28.6 Å². The lowest BCUT2D eigenvalue weighted by Gasteiger charge is -2.12. The Balaban J connectivity index is 1.54. The van der Waals surface area contributed by atoms with Crippen molar-refractivity contribution in [3.8, 4) is 40.1 Å². The summed E-state index contributed by atoms with van der Waals surface area (Å²) >= 11 is 0. The Labute approximate surface area is 202 Å². The molecule has 1 aromatic carbocycles. The lowest BCUT2D eigenvalue weighted by atomic mass is 9.99. The van der Waals surface area contributed by atoms with Crippen molar-refractivity contribution in [2.45, 2.75) is 6.54 Å². The lowest BCUT2D eigenvalue weighted by Crippen LogP contribution is -2.08. The monoisotopic (exact) mass is 474 g/mol. The van der Waals surface area contributed by atoms with Crippen LogP contribution in [0.2, 0.25) is 0 Å². The van der Waals surface area contributed by atoms with Crippen molar-refractivity contribution in [2.75, 3.05) is 5.73 Å². The average molecular weight is 474 g/mol. The zero-order valence-corrected chi connectivity index (χ0v) is 18.4. The van der Waals surface area contributed by atoms with E-state index in [1.54, 1.807) is 42.7 Å². The summed E-state index contributed by atoms with van der Waals surface area (Å²) < 4.78 is 2.96. The van der Waals surface area contributed by atoms with Gasteiger partial charge in [0.15, 0.2) is 11.5 Å². The summed E-state index contributed by atoms with van der Waals surface area (Å²) in [4.78, 5) is 25.9. The van der Waals surface area contributed by atoms with Crippen LogP contribution < -0.4 is 5.73 Å². The van der Waals surface area contributed by atoms with Crippen LogP contribution in [0.5, 0.6) is 0 Å². The van der Waals surface area contributed by atoms with E-state index in [0.717, 1.165) is 0 Å². The highest BCUT2D eigenvalue weighted by molar-refractivity contribution is 5.90. The van der Waals surface area contributed by atoms with E-state index in [1.165, 1.54) is 21.9 Å². The first-order valence-corrected chi connectivity index (χ1v) is 10.6. The van der Waals surface area contributed by atoms with Gasteiger partial charge in [-0.25, -0.2) is 34.6 Å². The second kappa shape index (κ2) is 8.57. The van der Waals surface area contributed by atoms with Gasteiger partial charge in [-0.1, -0.05) is 18.2 Å². The van der Waals surface area contributed by atoms with E-state index in [2.05, 4.69) is 51.6 Å². The van der Waals surface area contributed by atoms with Crippen LogP contribution in [0.15, 0.2) is 61.4 Å². The predicted molar refractivity (Wildman–Crippen MR) is 124 cm³/mol. The van der Waals surface area contributed by atoms with Gasteiger partial charge in [0, 0.05) is 18.0 Å². The van der Waals surface area contributed by atoms with Crippen molar-refractivity contribution < 1.29 is 0 Å². The smallest absolute Gasteiger partial charge is 0.223 e. The zero-order chi connectivity index (χ0) is 24.5. The number of rotatable bonds is 5. The highest BCUT2D eigenvalue weighted by atomic mass is 15.5. The highest BCUT2D eigenvalue weighted by Gasteiger charge is 2.23. The Morgan fingerprint density at radius 2 is 1.72 bits per heavy atom. The molecule has 0 fully saturated rings. The van der Waals surface area contributed by atoms with Crippen LogP contribution >= 0.6 is 0 Å². The number of hydrogen-bond acceptors (Lipinski definition) is 12. The van der Waals surface area contributed by atoms with E-state index in [0.29, 0.717) is 51.1 Å². The molecule has 0 atom stereocenters. The number of nitrogens with two attached hydrogens (primary N) is 1. The fourth-order valence-corrected chi connectivity index (χ4v) is 3.77. The highest BCUT2D eigenvalue weighted by Crippen LogP contribution is 2.35. The molecule has 172 valence electrons. The Bertz CT molecular complexity index is 1730. The standard InChI is InChI=1S/C22H14N14/c23-9-13-3-1-2-4-14(13)19-18(15-5-7-25-11-27-15)21-29-17(32-36(21)22(24)30-19)10-35-20(31-33-34-35)16-6-8-26-12-28-16/h1-8,11-12H,10H2,(H2,24,30). The van der Waals surface area contributed by atoms with Crippen LogP contribution in [0.3, 0.4) is 0 Å². The fourth-order valence-electron chi connectivity index (χ4n) is 3.77. The first kappa shape index (κ1) is 20.9. The summed E-state index contributed by atoms with van der Waals surface area (Å²) in [5, 5.41) is 26.1. The molecule has 5 heterocycles. The van der Waals surface area contributed by atoms with Crippen molar-refractivity contribution >= 4 is 11.6 Å². The largest absolute Gasteiger partial charge is 0.368 e. The predicted octanol–water partition coefficient (Wildman–Crippen LogP) is 1.19. The normalized spacial score (nSPS) is 11.0. The Morgan fingerprint density at radius 3 is 2.47 bits per heavy atom. The van der Waals surface area contributed by atoms with Crippen LogP contribution in [0.25, 0.3) is 39.7 Å². The number of aromatic nitrogens is 12. The molecular formula is C22H14N14. The van der Waals surface area contributed by atoms with Gasteiger partial charge in [-0.3, -0.25) is 0 Å². The minimum absolute atomic E-state index is 0.0945. The molecule has 0 aliphatic heterocycles. The first-order valence-electron chi connectivity index (χ1n) is 10.6. The number of benzene rings is 1. The van der Waals surface area contributed by atoms with E-state index in [9.17, 15) is 5.26 Å². The maximum Gasteiger partial charge on any atom is 0.223 e. The summed E-state index contributed by atoms with van der Waals surface area (Å²) in [6.45, 7) is 0.140. The number of tetrazole rings is 1. The molecule has 2 N–H and O–H groups in total. The number of fused-ring (bicyclic) bond motifs is 1. The molecule has 0 saturated carbocycles. The van der Waals surface area contributed by atoms with Gasteiger partial charge in [-0.2, -0.15) is 9.78 Å². The molecule has 0 aliphatic rings. The molecule has 0 bridgehead atoms. The zero-order valence-electron chi connectivity index (χ0n) is 18.4. The maximum absolute atomic E-state index is 9.69. The Kier molecular flexibility index (Phi) is 4.97. The van der Waals surface area contributed by atoms with E-state index in [1.807, 2.05) is 6.07 Å². The Morgan fingerprint density at radius 1 is 0.944 bits per heavy atom. The minimum atomic E-state index is 0.0945. The van der Waals surface area contributed by atoms with Crippen LogP contribution in [0.4, 0.5) is 5.95 Å². The van der Waals surface area contributed by atoms with Crippen LogP contribution in [0.1, 0.15) is 11.4 Å². The van der Waals surface area contributed by atoms with Crippen LogP contribution in [-0.4, -0.2) is 59.7 Å². The minimum Gasteiger partial charge on any atom is -0.368 e. The van der Waals surface area contributed by atoms with Crippen molar-refractivity contribution in [3.63, 3.8) is 0 Å². The van der Waals surface area contributed by atoms with Gasteiger partial charge in [-0.05, 0) is 28.6 Å². The van der Waals surface area contributed by atoms with Gasteiger partial charge >= 0.3 is 0 Å². The summed E-state index contributed by atoms with van der Waals surface area (Å²) in [6, 6.07) is 12.8. The van der Waals surface area contributed by atoms with Gasteiger partial charge in [0.2, 0.25) is 11.8 Å². The third-order valence-electron chi connectivity index (χ3n) is 5.33. The number of anilines is 1. The summed E-state index contributed by atoms with van der Waals surface area (Å²) in [5.41, 5.74) is 9.87. The molecular weight excluding hydrogens is 460 g/mol. The van der Waals surface area contributed by atoms with Crippen molar-refractivity contribution in [1.82, 2.24) is 59.7 Å². The number of nitrogen functional groups attached to an aromatic ring is 1. The molecule has 0 saturated heterocycles. The maximum atomic E-state index is 9.69. The molecule has 14 nitrogen and oxygen atoms in total. The van der Waals surface area contributed by atoms with Gasteiger partial charge in [0.25, 0.3) is 0 Å². The van der Waals surface area contributed by atoms with Crippen LogP contribution in [0, 0.1) is 11.3 Å². The summed E-state index contributed by atoms with van der Waals surface area (Å²) in [7, 11) is 0. The molecule has 36 heavy (non-hydrogen) atoms. The molecule has 0 amide bonds. The number of nitrogens with zero attached hydrogens (tertiary/aromatic N) is 13. The van der Waals surface area contributed by atoms with E-state index in [-0.39, 0.29) is 12.5 Å². The number of hydrogen-bond donors (Lipinski definition) is 1.